The molecule has 2 aliphatic rings. The van der Waals surface area contributed by atoms with Crippen LogP contribution in [0.15, 0.2) is 57.6 Å². The minimum absolute atomic E-state index is 0.155. The van der Waals surface area contributed by atoms with Gasteiger partial charge in [-0.25, -0.2) is 4.79 Å². The zero-order valence-corrected chi connectivity index (χ0v) is 20.2. The number of thioether (sulfide) groups is 1. The number of hydrogen-bond donors (Lipinski definition) is 1. The number of carboxylic acid groups (broad SMARTS) is 1. The first-order valence-electron chi connectivity index (χ1n) is 10.3. The molecule has 2 amide bonds. The summed E-state index contributed by atoms with van der Waals surface area (Å²) in [6.07, 6.45) is 3.01. The van der Waals surface area contributed by atoms with Crippen molar-refractivity contribution >= 4 is 69.8 Å². The van der Waals surface area contributed by atoms with Gasteiger partial charge in [0.15, 0.2) is 4.32 Å². The smallest absolute Gasteiger partial charge is 0.335 e. The van der Waals surface area contributed by atoms with Crippen molar-refractivity contribution in [2.45, 2.75) is 20.8 Å². The molecule has 4 rings (SSSR count). The lowest BCUT2D eigenvalue weighted by Gasteiger charge is -2.14. The fourth-order valence-corrected chi connectivity index (χ4v) is 4.53. The van der Waals surface area contributed by atoms with Crippen LogP contribution in [0.1, 0.15) is 34.0 Å². The molecule has 0 radical (unpaired) electrons. The van der Waals surface area contributed by atoms with Crippen molar-refractivity contribution in [1.82, 2.24) is 5.01 Å². The van der Waals surface area contributed by atoms with Gasteiger partial charge in [-0.1, -0.05) is 30.0 Å². The van der Waals surface area contributed by atoms with Crippen molar-refractivity contribution in [3.8, 4) is 0 Å². The lowest BCUT2D eigenvalue weighted by atomic mass is 10.1. The third kappa shape index (κ3) is 4.55. The van der Waals surface area contributed by atoms with Crippen LogP contribution in [-0.4, -0.2) is 44.1 Å². The minimum atomic E-state index is -1.02. The summed E-state index contributed by atoms with van der Waals surface area (Å²) in [7, 11) is 0. The van der Waals surface area contributed by atoms with E-state index in [4.69, 9.17) is 17.3 Å². The van der Waals surface area contributed by atoms with E-state index in [0.717, 1.165) is 27.9 Å². The fraction of sp³-hybridized carbons (Fsp3) is 0.167. The molecule has 1 fully saturated rings. The molecule has 0 saturated carbocycles. The van der Waals surface area contributed by atoms with Gasteiger partial charge >= 0.3 is 5.97 Å². The zero-order valence-electron chi connectivity index (χ0n) is 18.6. The van der Waals surface area contributed by atoms with Crippen molar-refractivity contribution < 1.29 is 19.5 Å². The van der Waals surface area contributed by atoms with Gasteiger partial charge in [0.25, 0.3) is 11.8 Å². The highest BCUT2D eigenvalue weighted by atomic mass is 32.2. The van der Waals surface area contributed by atoms with Gasteiger partial charge in [-0.2, -0.15) is 20.2 Å². The Labute approximate surface area is 205 Å². The zero-order chi connectivity index (χ0) is 24.6. The molecule has 34 heavy (non-hydrogen) atoms. The molecular weight excluding hydrogens is 472 g/mol. The van der Waals surface area contributed by atoms with Crippen LogP contribution in [0.4, 0.5) is 5.69 Å². The van der Waals surface area contributed by atoms with Gasteiger partial charge in [0.2, 0.25) is 0 Å². The van der Waals surface area contributed by atoms with Crippen molar-refractivity contribution in [2.24, 2.45) is 16.1 Å². The number of hydrazone groups is 2. The molecule has 8 nitrogen and oxygen atoms in total. The first-order valence-corrected chi connectivity index (χ1v) is 11.5. The van der Waals surface area contributed by atoms with E-state index in [-0.39, 0.29) is 15.8 Å². The number of thiocarbonyl (C=S) groups is 1. The number of hydrogen-bond acceptors (Lipinski definition) is 7. The Hall–Kier alpha value is -3.63. The van der Waals surface area contributed by atoms with Gasteiger partial charge in [0, 0.05) is 6.21 Å². The van der Waals surface area contributed by atoms with Crippen molar-refractivity contribution in [1.29, 1.82) is 0 Å². The molecule has 0 aliphatic carbocycles. The molecule has 1 N–H and O–H groups in total. The number of aryl methyl sites for hydroxylation is 2. The number of aromatic carboxylic acids is 1. The Balaban J connectivity index is 1.50. The minimum Gasteiger partial charge on any atom is -0.478 e. The van der Waals surface area contributed by atoms with Gasteiger partial charge in [-0.05, 0) is 80.0 Å². The van der Waals surface area contributed by atoms with E-state index >= 15 is 0 Å². The largest absolute Gasteiger partial charge is 0.478 e. The third-order valence-corrected chi connectivity index (χ3v) is 6.76. The SMILES string of the molecule is CC1=NN(c2ccc(C)c(C)c2)C(=O)C1/C=N/N1C(=O)/C(=C/c2ccc(C(=O)O)cc2)SC1=S. The van der Waals surface area contributed by atoms with Crippen LogP contribution in [0.3, 0.4) is 0 Å². The Bertz CT molecular complexity index is 1310. The van der Waals surface area contributed by atoms with Crippen LogP contribution < -0.4 is 5.01 Å². The molecule has 1 unspecified atom stereocenters. The Morgan fingerprint density at radius 3 is 2.47 bits per heavy atom. The number of carbonyl (C=O) groups is 3. The number of carbonyl (C=O) groups excluding carboxylic acids is 2. The topological polar surface area (TPSA) is 103 Å². The molecule has 0 spiro atoms. The molecular formula is C24H20N4O4S2. The van der Waals surface area contributed by atoms with Crippen molar-refractivity contribution in [3.63, 3.8) is 0 Å². The lowest BCUT2D eigenvalue weighted by molar-refractivity contribution is -0.122. The third-order valence-electron chi connectivity index (χ3n) is 5.48. The maximum atomic E-state index is 13.0. The summed E-state index contributed by atoms with van der Waals surface area (Å²) in [6.45, 7) is 5.70. The van der Waals surface area contributed by atoms with Crippen LogP contribution in [0.2, 0.25) is 0 Å². The fourth-order valence-electron chi connectivity index (χ4n) is 3.36. The van der Waals surface area contributed by atoms with E-state index in [2.05, 4.69) is 10.2 Å². The average Bonchev–Trinajstić information content (AvgIpc) is 3.23. The standard InChI is InChI=1S/C24H20N4O4S2/c1-13-4-9-18(10-14(13)2)27-21(29)19(15(3)26-27)12-25-28-22(30)20(34-24(28)33)11-16-5-7-17(8-6-16)23(31)32/h4-12,19H,1-3H3,(H,31,32)/b20-11-,25-12+. The first kappa shape index (κ1) is 23.5. The first-order chi connectivity index (χ1) is 16.2. The number of nitrogens with zero attached hydrogens (tertiary/aromatic N) is 4. The summed E-state index contributed by atoms with van der Waals surface area (Å²) in [5.74, 6) is -2.41. The predicted octanol–water partition coefficient (Wildman–Crippen LogP) is 4.23. The normalized spacial score (nSPS) is 19.6. The van der Waals surface area contributed by atoms with Crippen LogP contribution in [-0.2, 0) is 9.59 Å². The van der Waals surface area contributed by atoms with Gasteiger partial charge in [-0.3, -0.25) is 9.59 Å². The quantitative estimate of drug-likeness (QED) is 0.381. The summed E-state index contributed by atoms with van der Waals surface area (Å²) in [5, 5.41) is 20.0. The molecule has 172 valence electrons. The van der Waals surface area contributed by atoms with Crippen LogP contribution in [0.25, 0.3) is 6.08 Å². The Morgan fingerprint density at radius 2 is 1.82 bits per heavy atom. The molecule has 2 heterocycles. The van der Waals surface area contributed by atoms with Gasteiger partial charge in [-0.15, -0.1) is 0 Å². The summed E-state index contributed by atoms with van der Waals surface area (Å²) >= 11 is 6.39. The van der Waals surface area contributed by atoms with Crippen LogP contribution in [0, 0.1) is 19.8 Å². The highest BCUT2D eigenvalue weighted by Crippen LogP contribution is 2.33. The van der Waals surface area contributed by atoms with Gasteiger partial charge < -0.3 is 5.11 Å². The molecule has 2 aromatic carbocycles. The van der Waals surface area contributed by atoms with Crippen molar-refractivity contribution in [2.75, 3.05) is 5.01 Å². The maximum absolute atomic E-state index is 13.0. The molecule has 1 atom stereocenters. The predicted molar refractivity (Wildman–Crippen MR) is 137 cm³/mol. The highest BCUT2D eigenvalue weighted by Gasteiger charge is 2.36. The molecule has 0 aromatic heterocycles. The summed E-state index contributed by atoms with van der Waals surface area (Å²) < 4.78 is 0.237. The van der Waals surface area contributed by atoms with E-state index < -0.39 is 17.8 Å². The van der Waals surface area contributed by atoms with Crippen molar-refractivity contribution in [3.05, 3.63) is 69.6 Å². The number of amides is 2. The van der Waals surface area contributed by atoms with E-state index in [9.17, 15) is 14.4 Å². The number of carboxylic acids is 1. The average molecular weight is 493 g/mol. The summed E-state index contributed by atoms with van der Waals surface area (Å²) in [4.78, 5) is 37.2. The lowest BCUT2D eigenvalue weighted by Crippen LogP contribution is -2.30. The van der Waals surface area contributed by atoms with Gasteiger partial charge in [0.1, 0.15) is 5.92 Å². The summed E-state index contributed by atoms with van der Waals surface area (Å²) in [5.41, 5.74) is 4.22. The second-order valence-corrected chi connectivity index (χ2v) is 9.50. The molecule has 2 aliphatic heterocycles. The number of rotatable bonds is 5. The molecule has 10 heteroatoms. The highest BCUT2D eigenvalue weighted by molar-refractivity contribution is 8.26. The molecule has 0 bridgehead atoms. The second kappa shape index (κ2) is 9.32. The second-order valence-electron chi connectivity index (χ2n) is 7.82. The maximum Gasteiger partial charge on any atom is 0.335 e. The Morgan fingerprint density at radius 1 is 1.12 bits per heavy atom. The molecule has 1 saturated heterocycles. The van der Waals surface area contributed by atoms with Gasteiger partial charge in [0.05, 0.1) is 21.9 Å². The van der Waals surface area contributed by atoms with E-state index in [1.54, 1.807) is 25.1 Å². The van der Waals surface area contributed by atoms with Crippen LogP contribution >= 0.6 is 24.0 Å². The number of benzene rings is 2. The summed E-state index contributed by atoms with van der Waals surface area (Å²) in [6, 6.07) is 11.8. The van der Waals surface area contributed by atoms with E-state index in [1.165, 1.54) is 23.4 Å². The Kier molecular flexibility index (Phi) is 6.45. The van der Waals surface area contributed by atoms with E-state index in [0.29, 0.717) is 21.9 Å². The molecule has 2 aromatic rings. The van der Waals surface area contributed by atoms with E-state index in [1.807, 2.05) is 32.0 Å². The number of anilines is 1. The van der Waals surface area contributed by atoms with Crippen LogP contribution in [0.5, 0.6) is 0 Å². The monoisotopic (exact) mass is 492 g/mol.